The van der Waals surface area contributed by atoms with Gasteiger partial charge >= 0.3 is 0 Å². The molecule has 0 amide bonds. The first-order chi connectivity index (χ1) is 9.86. The minimum atomic E-state index is -0.618. The standard InChI is InChI=1S/C18H24O3/c1-12(2)18-10-16(17(4,21-18)9-15(18)19)20-11-14-7-5-13(3)6-8-14/h5-8,12,16H,9-11H2,1-4H3/t16-,17+,18-/m1/s1. The van der Waals surface area contributed by atoms with E-state index in [1.807, 2.05) is 6.92 Å². The number of hydrogen-bond acceptors (Lipinski definition) is 3. The van der Waals surface area contributed by atoms with E-state index in [-0.39, 0.29) is 17.8 Å². The van der Waals surface area contributed by atoms with E-state index in [1.165, 1.54) is 5.56 Å². The number of rotatable bonds is 4. The summed E-state index contributed by atoms with van der Waals surface area (Å²) in [7, 11) is 0. The molecule has 2 heterocycles. The van der Waals surface area contributed by atoms with Crippen LogP contribution in [-0.4, -0.2) is 23.1 Å². The van der Waals surface area contributed by atoms with Crippen molar-refractivity contribution in [2.45, 2.75) is 64.4 Å². The maximum Gasteiger partial charge on any atom is 0.167 e. The quantitative estimate of drug-likeness (QED) is 0.851. The molecule has 0 aliphatic carbocycles. The van der Waals surface area contributed by atoms with E-state index >= 15 is 0 Å². The lowest BCUT2D eigenvalue weighted by atomic mass is 9.74. The van der Waals surface area contributed by atoms with Gasteiger partial charge in [-0.25, -0.2) is 0 Å². The van der Waals surface area contributed by atoms with E-state index in [2.05, 4.69) is 45.0 Å². The van der Waals surface area contributed by atoms with E-state index in [4.69, 9.17) is 9.47 Å². The van der Waals surface area contributed by atoms with Crippen molar-refractivity contribution in [2.75, 3.05) is 0 Å². The molecule has 0 aromatic heterocycles. The van der Waals surface area contributed by atoms with Crippen LogP contribution in [0, 0.1) is 12.8 Å². The molecule has 0 radical (unpaired) electrons. The van der Waals surface area contributed by atoms with Gasteiger partial charge in [0.25, 0.3) is 0 Å². The summed E-state index contributed by atoms with van der Waals surface area (Å²) in [6.45, 7) is 8.79. The van der Waals surface area contributed by atoms with Crippen LogP contribution in [0.2, 0.25) is 0 Å². The maximum atomic E-state index is 12.3. The Kier molecular flexibility index (Phi) is 3.45. The second-order valence-corrected chi connectivity index (χ2v) is 7.05. The van der Waals surface area contributed by atoms with Gasteiger partial charge in [-0.3, -0.25) is 4.79 Å². The van der Waals surface area contributed by atoms with E-state index in [0.29, 0.717) is 19.4 Å². The summed E-state index contributed by atoms with van der Waals surface area (Å²) in [5.74, 6) is 0.440. The number of ether oxygens (including phenoxy) is 2. The Bertz CT molecular complexity index is 548. The number of ketones is 1. The van der Waals surface area contributed by atoms with Crippen molar-refractivity contribution in [1.29, 1.82) is 0 Å². The predicted octanol–water partition coefficient (Wildman–Crippen LogP) is 3.43. The van der Waals surface area contributed by atoms with E-state index < -0.39 is 11.2 Å². The van der Waals surface area contributed by atoms with Gasteiger partial charge in [0, 0.05) is 12.8 Å². The van der Waals surface area contributed by atoms with Crippen LogP contribution in [0.25, 0.3) is 0 Å². The summed E-state index contributed by atoms with van der Waals surface area (Å²) >= 11 is 0. The van der Waals surface area contributed by atoms with Gasteiger partial charge in [0.2, 0.25) is 0 Å². The molecule has 2 aliphatic rings. The molecule has 2 aliphatic heterocycles. The lowest BCUT2D eigenvalue weighted by Gasteiger charge is -2.30. The second kappa shape index (κ2) is 4.92. The van der Waals surface area contributed by atoms with Gasteiger partial charge in [0.05, 0.1) is 18.3 Å². The lowest BCUT2D eigenvalue weighted by Crippen LogP contribution is -2.44. The van der Waals surface area contributed by atoms with E-state index in [9.17, 15) is 4.79 Å². The Balaban J connectivity index is 1.71. The fraction of sp³-hybridized carbons (Fsp3) is 0.611. The van der Waals surface area contributed by atoms with Crippen LogP contribution in [-0.2, 0) is 20.9 Å². The first-order valence-electron chi connectivity index (χ1n) is 7.76. The molecule has 3 rings (SSSR count). The molecular formula is C18H24O3. The van der Waals surface area contributed by atoms with Gasteiger partial charge < -0.3 is 9.47 Å². The van der Waals surface area contributed by atoms with Crippen molar-refractivity contribution in [1.82, 2.24) is 0 Å². The van der Waals surface area contributed by atoms with Crippen molar-refractivity contribution in [2.24, 2.45) is 5.92 Å². The third-order valence-corrected chi connectivity index (χ3v) is 5.07. The summed E-state index contributed by atoms with van der Waals surface area (Å²) in [6, 6.07) is 8.37. The fourth-order valence-electron chi connectivity index (χ4n) is 3.60. The number of carbonyl (C=O) groups excluding carboxylic acids is 1. The zero-order valence-corrected chi connectivity index (χ0v) is 13.3. The number of hydrogen-bond donors (Lipinski definition) is 0. The number of carbonyl (C=O) groups is 1. The van der Waals surface area contributed by atoms with Gasteiger partial charge in [0.15, 0.2) is 5.78 Å². The first-order valence-corrected chi connectivity index (χ1v) is 7.76. The highest BCUT2D eigenvalue weighted by atomic mass is 16.6. The molecule has 0 spiro atoms. The summed E-state index contributed by atoms with van der Waals surface area (Å²) in [5, 5.41) is 0. The first kappa shape index (κ1) is 14.7. The molecule has 2 fully saturated rings. The fourth-order valence-corrected chi connectivity index (χ4v) is 3.60. The number of benzene rings is 1. The van der Waals surface area contributed by atoms with Crippen LogP contribution in [0.3, 0.4) is 0 Å². The number of fused-ring (bicyclic) bond motifs is 2. The van der Waals surface area contributed by atoms with Gasteiger partial charge in [-0.05, 0) is 25.3 Å². The van der Waals surface area contributed by atoms with Crippen LogP contribution in [0.5, 0.6) is 0 Å². The molecule has 114 valence electrons. The number of Topliss-reactive ketones (excluding diaryl/α,β-unsaturated/α-hetero) is 1. The predicted molar refractivity (Wildman–Crippen MR) is 81.1 cm³/mol. The van der Waals surface area contributed by atoms with Gasteiger partial charge in [-0.1, -0.05) is 43.7 Å². The molecule has 1 aromatic carbocycles. The molecule has 0 unspecified atom stereocenters. The minimum absolute atomic E-state index is 0.00102. The summed E-state index contributed by atoms with van der Waals surface area (Å²) < 4.78 is 12.3. The molecule has 21 heavy (non-hydrogen) atoms. The maximum absolute atomic E-state index is 12.3. The van der Waals surface area contributed by atoms with E-state index in [1.54, 1.807) is 0 Å². The SMILES string of the molecule is Cc1ccc(CO[C@@H]2C[C@]3(C(C)C)O[C@@]2(C)CC3=O)cc1. The van der Waals surface area contributed by atoms with Crippen molar-refractivity contribution >= 4 is 5.78 Å². The van der Waals surface area contributed by atoms with Crippen LogP contribution < -0.4 is 0 Å². The molecule has 2 bridgehead atoms. The largest absolute Gasteiger partial charge is 0.370 e. The Labute approximate surface area is 126 Å². The average Bonchev–Trinajstić information content (AvgIpc) is 2.86. The highest BCUT2D eigenvalue weighted by Gasteiger charge is 2.65. The minimum Gasteiger partial charge on any atom is -0.370 e. The smallest absolute Gasteiger partial charge is 0.167 e. The van der Waals surface area contributed by atoms with Gasteiger partial charge in [-0.15, -0.1) is 0 Å². The zero-order chi connectivity index (χ0) is 15.3. The van der Waals surface area contributed by atoms with E-state index in [0.717, 1.165) is 5.56 Å². The summed E-state index contributed by atoms with van der Waals surface area (Å²) in [5.41, 5.74) is 1.34. The topological polar surface area (TPSA) is 35.5 Å². The van der Waals surface area contributed by atoms with Crippen LogP contribution >= 0.6 is 0 Å². The Morgan fingerprint density at radius 3 is 2.57 bits per heavy atom. The monoisotopic (exact) mass is 288 g/mol. The molecule has 0 saturated carbocycles. The van der Waals surface area contributed by atoms with Gasteiger partial charge in [0.1, 0.15) is 5.60 Å². The van der Waals surface area contributed by atoms with Crippen LogP contribution in [0.15, 0.2) is 24.3 Å². The Morgan fingerprint density at radius 1 is 1.33 bits per heavy atom. The third-order valence-electron chi connectivity index (χ3n) is 5.07. The summed E-state index contributed by atoms with van der Waals surface area (Å²) in [4.78, 5) is 12.3. The second-order valence-electron chi connectivity index (χ2n) is 7.05. The number of aryl methyl sites for hydroxylation is 1. The van der Waals surface area contributed by atoms with Crippen molar-refractivity contribution in [3.05, 3.63) is 35.4 Å². The van der Waals surface area contributed by atoms with Crippen LogP contribution in [0.1, 0.15) is 44.7 Å². The Morgan fingerprint density at radius 2 is 2.00 bits per heavy atom. The lowest BCUT2D eigenvalue weighted by molar-refractivity contribution is -0.136. The molecule has 0 N–H and O–H groups in total. The highest BCUT2D eigenvalue weighted by molar-refractivity contribution is 5.92. The zero-order valence-electron chi connectivity index (χ0n) is 13.3. The molecule has 2 saturated heterocycles. The normalized spacial score (nSPS) is 34.9. The van der Waals surface area contributed by atoms with Gasteiger partial charge in [-0.2, -0.15) is 0 Å². The third kappa shape index (κ3) is 2.33. The summed E-state index contributed by atoms with van der Waals surface area (Å²) in [6.07, 6.45) is 1.16. The molecular weight excluding hydrogens is 264 g/mol. The molecule has 3 nitrogen and oxygen atoms in total. The van der Waals surface area contributed by atoms with Crippen LogP contribution in [0.4, 0.5) is 0 Å². The van der Waals surface area contributed by atoms with Crippen molar-refractivity contribution in [3.8, 4) is 0 Å². The Hall–Kier alpha value is -1.19. The molecule has 3 heteroatoms. The average molecular weight is 288 g/mol. The highest BCUT2D eigenvalue weighted by Crippen LogP contribution is 2.53. The molecule has 1 aromatic rings. The van der Waals surface area contributed by atoms with Crippen molar-refractivity contribution in [3.63, 3.8) is 0 Å². The van der Waals surface area contributed by atoms with Crippen molar-refractivity contribution < 1.29 is 14.3 Å². The molecule has 3 atom stereocenters.